The summed E-state index contributed by atoms with van der Waals surface area (Å²) in [6.45, 7) is 7.96. The quantitative estimate of drug-likeness (QED) is 0.758. The van der Waals surface area contributed by atoms with Gasteiger partial charge in [0, 0.05) is 43.8 Å². The van der Waals surface area contributed by atoms with E-state index in [1.165, 1.54) is 11.3 Å². The first-order chi connectivity index (χ1) is 13.5. The molecule has 0 saturated carbocycles. The van der Waals surface area contributed by atoms with Gasteiger partial charge in [-0.15, -0.1) is 11.3 Å². The average molecular weight is 407 g/mol. The van der Waals surface area contributed by atoms with E-state index in [2.05, 4.69) is 32.5 Å². The summed E-state index contributed by atoms with van der Waals surface area (Å²) in [4.78, 5) is 20.2. The van der Waals surface area contributed by atoms with Gasteiger partial charge in [0.15, 0.2) is 5.13 Å². The van der Waals surface area contributed by atoms with Crippen molar-refractivity contribution in [1.82, 2.24) is 19.7 Å². The maximum absolute atomic E-state index is 12.3. The first kappa shape index (κ1) is 19.3. The van der Waals surface area contributed by atoms with Gasteiger partial charge >= 0.3 is 6.03 Å². The molecule has 0 spiro atoms. The third-order valence-electron chi connectivity index (χ3n) is 5.13. The maximum Gasteiger partial charge on any atom is 0.326 e. The normalized spacial score (nSPS) is 19.2. The summed E-state index contributed by atoms with van der Waals surface area (Å²) in [7, 11) is 1.81. The zero-order valence-electron chi connectivity index (χ0n) is 16.2. The van der Waals surface area contributed by atoms with E-state index < -0.39 is 0 Å². The number of aromatic nitrogens is 3. The van der Waals surface area contributed by atoms with Gasteiger partial charge in [0.1, 0.15) is 5.82 Å². The van der Waals surface area contributed by atoms with Crippen molar-refractivity contribution >= 4 is 28.3 Å². The Labute approximate surface area is 168 Å². The minimum Gasteiger partial charge on any atom is -0.379 e. The minimum absolute atomic E-state index is 0.0706. The molecule has 0 aliphatic carbocycles. The molecule has 0 atom stereocenters. The molecule has 10 heteroatoms. The lowest BCUT2D eigenvalue weighted by Crippen LogP contribution is -2.44. The Morgan fingerprint density at radius 1 is 1.29 bits per heavy atom. The van der Waals surface area contributed by atoms with Crippen LogP contribution in [0.2, 0.25) is 0 Å². The number of carbonyl (C=O) groups is 1. The summed E-state index contributed by atoms with van der Waals surface area (Å²) in [6, 6.07) is 1.58. The van der Waals surface area contributed by atoms with Crippen LogP contribution in [-0.2, 0) is 28.4 Å². The summed E-state index contributed by atoms with van der Waals surface area (Å²) in [5, 5.41) is 10.8. The molecular weight excluding hydrogens is 380 g/mol. The summed E-state index contributed by atoms with van der Waals surface area (Å²) < 4.78 is 12.3. The number of nitrogens with zero attached hydrogens (tertiary/aromatic N) is 4. The fourth-order valence-corrected chi connectivity index (χ4v) is 4.05. The van der Waals surface area contributed by atoms with Crippen molar-refractivity contribution in [3.8, 4) is 0 Å². The van der Waals surface area contributed by atoms with Crippen molar-refractivity contribution in [2.24, 2.45) is 7.05 Å². The average Bonchev–Trinajstić information content (AvgIpc) is 3.26. The number of hydrogen-bond donors (Lipinski definition) is 2. The zero-order chi connectivity index (χ0) is 19.6. The standard InChI is InChI=1S/C18H26N6O3S/c1-18(11-27-12-18)14-9-15(23(2)22-14)20-16(25)21-17-19-10-13(28-17)3-4-24-5-7-26-8-6-24/h9-10H,3-8,11-12H2,1-2H3,(H2,19,20,21,25). The van der Waals surface area contributed by atoms with Crippen LogP contribution in [0, 0.1) is 0 Å². The minimum atomic E-state index is -0.321. The smallest absolute Gasteiger partial charge is 0.326 e. The topological polar surface area (TPSA) is 93.5 Å². The second-order valence-corrected chi connectivity index (χ2v) is 8.62. The number of carbonyl (C=O) groups excluding carboxylic acids is 1. The highest BCUT2D eigenvalue weighted by molar-refractivity contribution is 7.15. The van der Waals surface area contributed by atoms with E-state index in [0.717, 1.165) is 49.8 Å². The molecule has 4 rings (SSSR count). The highest BCUT2D eigenvalue weighted by Gasteiger charge is 2.38. The molecule has 4 heterocycles. The number of morpholine rings is 1. The molecule has 2 amide bonds. The van der Waals surface area contributed by atoms with Crippen LogP contribution in [0.3, 0.4) is 0 Å². The van der Waals surface area contributed by atoms with Gasteiger partial charge in [0.05, 0.1) is 37.5 Å². The van der Waals surface area contributed by atoms with Crippen molar-refractivity contribution in [2.75, 3.05) is 56.7 Å². The maximum atomic E-state index is 12.3. The summed E-state index contributed by atoms with van der Waals surface area (Å²) in [6.07, 6.45) is 2.76. The van der Waals surface area contributed by atoms with Gasteiger partial charge < -0.3 is 9.47 Å². The van der Waals surface area contributed by atoms with Crippen LogP contribution in [0.15, 0.2) is 12.3 Å². The highest BCUT2D eigenvalue weighted by Crippen LogP contribution is 2.32. The molecule has 2 fully saturated rings. The second-order valence-electron chi connectivity index (χ2n) is 7.51. The molecule has 2 aliphatic rings. The fraction of sp³-hybridized carbons (Fsp3) is 0.611. The van der Waals surface area contributed by atoms with E-state index in [4.69, 9.17) is 9.47 Å². The molecule has 2 N–H and O–H groups in total. The number of ether oxygens (including phenoxy) is 2. The van der Waals surface area contributed by atoms with Crippen LogP contribution < -0.4 is 10.6 Å². The summed E-state index contributed by atoms with van der Waals surface area (Å²) in [5.74, 6) is 0.643. The second kappa shape index (κ2) is 8.16. The summed E-state index contributed by atoms with van der Waals surface area (Å²) in [5.41, 5.74) is 0.856. The molecule has 28 heavy (non-hydrogen) atoms. The van der Waals surface area contributed by atoms with Crippen molar-refractivity contribution < 1.29 is 14.3 Å². The first-order valence-corrected chi connectivity index (χ1v) is 10.3. The fourth-order valence-electron chi connectivity index (χ4n) is 3.25. The van der Waals surface area contributed by atoms with Gasteiger partial charge in [-0.3, -0.25) is 20.2 Å². The number of nitrogens with one attached hydrogen (secondary N) is 2. The SMILES string of the molecule is Cn1nc(C2(C)COC2)cc1NC(=O)Nc1ncc(CCN2CCOCC2)s1. The monoisotopic (exact) mass is 406 g/mol. The molecule has 2 aromatic heterocycles. The van der Waals surface area contributed by atoms with Crippen molar-refractivity contribution in [3.63, 3.8) is 0 Å². The van der Waals surface area contributed by atoms with E-state index in [9.17, 15) is 4.79 Å². The third kappa shape index (κ3) is 4.35. The molecular formula is C18H26N6O3S. The Kier molecular flexibility index (Phi) is 5.63. The predicted molar refractivity (Wildman–Crippen MR) is 107 cm³/mol. The van der Waals surface area contributed by atoms with Gasteiger partial charge in [-0.1, -0.05) is 0 Å². The Hall–Kier alpha value is -2.01. The van der Waals surface area contributed by atoms with E-state index in [0.29, 0.717) is 24.2 Å². The lowest BCUT2D eigenvalue weighted by molar-refractivity contribution is -0.0522. The van der Waals surface area contributed by atoms with Crippen LogP contribution in [0.5, 0.6) is 0 Å². The van der Waals surface area contributed by atoms with Gasteiger partial charge in [0.2, 0.25) is 0 Å². The number of aryl methyl sites for hydroxylation is 1. The van der Waals surface area contributed by atoms with Crippen molar-refractivity contribution in [3.05, 3.63) is 22.8 Å². The lowest BCUT2D eigenvalue weighted by Gasteiger charge is -2.36. The number of anilines is 2. The predicted octanol–water partition coefficient (Wildman–Crippen LogP) is 1.68. The molecule has 0 unspecified atom stereocenters. The van der Waals surface area contributed by atoms with E-state index in [1.807, 2.05) is 19.3 Å². The first-order valence-electron chi connectivity index (χ1n) is 9.47. The molecule has 2 saturated heterocycles. The number of thiazole rings is 1. The van der Waals surface area contributed by atoms with E-state index >= 15 is 0 Å². The Morgan fingerprint density at radius 2 is 2.07 bits per heavy atom. The van der Waals surface area contributed by atoms with E-state index in [1.54, 1.807) is 4.68 Å². The number of urea groups is 1. The molecule has 2 aliphatic heterocycles. The zero-order valence-corrected chi connectivity index (χ0v) is 17.0. The number of amides is 2. The van der Waals surface area contributed by atoms with E-state index in [-0.39, 0.29) is 11.4 Å². The van der Waals surface area contributed by atoms with Gasteiger partial charge in [-0.2, -0.15) is 5.10 Å². The number of rotatable bonds is 6. The molecule has 9 nitrogen and oxygen atoms in total. The number of hydrogen-bond acceptors (Lipinski definition) is 7. The lowest BCUT2D eigenvalue weighted by atomic mass is 9.85. The van der Waals surface area contributed by atoms with Crippen LogP contribution in [-0.4, -0.2) is 71.8 Å². The van der Waals surface area contributed by atoms with Crippen LogP contribution in [0.4, 0.5) is 15.7 Å². The van der Waals surface area contributed by atoms with Crippen LogP contribution >= 0.6 is 11.3 Å². The molecule has 0 aromatic carbocycles. The summed E-state index contributed by atoms with van der Waals surface area (Å²) >= 11 is 1.51. The van der Waals surface area contributed by atoms with Crippen molar-refractivity contribution in [1.29, 1.82) is 0 Å². The van der Waals surface area contributed by atoms with Gasteiger partial charge in [-0.25, -0.2) is 9.78 Å². The molecule has 0 radical (unpaired) electrons. The Morgan fingerprint density at radius 3 is 2.79 bits per heavy atom. The highest BCUT2D eigenvalue weighted by atomic mass is 32.1. The largest absolute Gasteiger partial charge is 0.379 e. The van der Waals surface area contributed by atoms with Gasteiger partial charge in [0.25, 0.3) is 0 Å². The Bertz CT molecular complexity index is 825. The molecule has 152 valence electrons. The molecule has 0 bridgehead atoms. The van der Waals surface area contributed by atoms with Crippen LogP contribution in [0.1, 0.15) is 17.5 Å². The Balaban J connectivity index is 1.29. The third-order valence-corrected chi connectivity index (χ3v) is 6.11. The van der Waals surface area contributed by atoms with Gasteiger partial charge in [-0.05, 0) is 13.3 Å². The molecule has 2 aromatic rings. The van der Waals surface area contributed by atoms with Crippen molar-refractivity contribution in [2.45, 2.75) is 18.8 Å². The van der Waals surface area contributed by atoms with Crippen LogP contribution in [0.25, 0.3) is 0 Å².